The van der Waals surface area contributed by atoms with Gasteiger partial charge in [0.2, 0.25) is 0 Å². The summed E-state index contributed by atoms with van der Waals surface area (Å²) in [6.45, 7) is 4.11. The summed E-state index contributed by atoms with van der Waals surface area (Å²) >= 11 is 5.59. The second kappa shape index (κ2) is 8.23. The van der Waals surface area contributed by atoms with E-state index < -0.39 is 6.04 Å². The van der Waals surface area contributed by atoms with E-state index in [0.717, 1.165) is 24.8 Å². The summed E-state index contributed by atoms with van der Waals surface area (Å²) in [5.41, 5.74) is 1.41. The minimum Gasteiger partial charge on any atom is -0.461 e. The normalized spacial score (nSPS) is 13.5. The van der Waals surface area contributed by atoms with Gasteiger partial charge in [-0.05, 0) is 18.4 Å². The number of hydrogen-bond acceptors (Lipinski definition) is 5. The minimum absolute atomic E-state index is 0.0986. The Morgan fingerprint density at radius 2 is 2.08 bits per heavy atom. The van der Waals surface area contributed by atoms with Crippen LogP contribution in [0.2, 0.25) is 0 Å². The van der Waals surface area contributed by atoms with E-state index in [0.29, 0.717) is 15.7 Å². The third-order valence-electron chi connectivity index (χ3n) is 4.36. The molecule has 2 aromatic heterocycles. The van der Waals surface area contributed by atoms with Crippen molar-refractivity contribution in [2.45, 2.75) is 45.3 Å². The van der Waals surface area contributed by atoms with Gasteiger partial charge in [-0.1, -0.05) is 62.8 Å². The van der Waals surface area contributed by atoms with E-state index in [-0.39, 0.29) is 12.1 Å². The Morgan fingerprint density at radius 3 is 2.77 bits per heavy atom. The molecule has 0 amide bonds. The Labute approximate surface area is 157 Å². The van der Waals surface area contributed by atoms with Gasteiger partial charge in [-0.3, -0.25) is 5.10 Å². The van der Waals surface area contributed by atoms with Gasteiger partial charge < -0.3 is 9.30 Å². The SMILES string of the molecule is CCCC(CC)OC(=O)C(c1ccccc1)n1cnc2[nH]ncc2c1=S. The number of nitrogens with one attached hydrogen (secondary N) is 1. The number of ether oxygens (including phenoxy) is 1. The van der Waals surface area contributed by atoms with Crippen molar-refractivity contribution in [2.24, 2.45) is 0 Å². The van der Waals surface area contributed by atoms with Crippen molar-refractivity contribution in [1.29, 1.82) is 0 Å². The highest BCUT2D eigenvalue weighted by molar-refractivity contribution is 7.71. The zero-order valence-electron chi connectivity index (χ0n) is 14.9. The molecule has 0 saturated heterocycles. The van der Waals surface area contributed by atoms with E-state index in [1.807, 2.05) is 37.3 Å². The van der Waals surface area contributed by atoms with Crippen LogP contribution in [0.1, 0.15) is 44.7 Å². The maximum absolute atomic E-state index is 13.1. The molecule has 0 fully saturated rings. The Morgan fingerprint density at radius 1 is 1.31 bits per heavy atom. The van der Waals surface area contributed by atoms with Crippen LogP contribution in [0.5, 0.6) is 0 Å². The average Bonchev–Trinajstić information content (AvgIpc) is 3.14. The number of hydrogen-bond donors (Lipinski definition) is 1. The van der Waals surface area contributed by atoms with Gasteiger partial charge in [0.05, 0.1) is 17.9 Å². The van der Waals surface area contributed by atoms with Crippen molar-refractivity contribution in [3.8, 4) is 0 Å². The molecule has 3 aromatic rings. The molecule has 0 spiro atoms. The number of carbonyl (C=O) groups excluding carboxylic acids is 1. The Hall–Kier alpha value is -2.54. The first-order valence-electron chi connectivity index (χ1n) is 8.81. The molecule has 3 rings (SSSR count). The van der Waals surface area contributed by atoms with Crippen molar-refractivity contribution in [1.82, 2.24) is 19.7 Å². The summed E-state index contributed by atoms with van der Waals surface area (Å²) in [5.74, 6) is -0.322. The lowest BCUT2D eigenvalue weighted by molar-refractivity contribution is -0.152. The lowest BCUT2D eigenvalue weighted by Gasteiger charge is -2.23. The maximum Gasteiger partial charge on any atom is 0.334 e. The van der Waals surface area contributed by atoms with Crippen molar-refractivity contribution in [3.63, 3.8) is 0 Å². The molecule has 2 atom stereocenters. The highest BCUT2D eigenvalue weighted by Crippen LogP contribution is 2.24. The van der Waals surface area contributed by atoms with Gasteiger partial charge >= 0.3 is 5.97 Å². The highest BCUT2D eigenvalue weighted by Gasteiger charge is 2.27. The summed E-state index contributed by atoms with van der Waals surface area (Å²) in [7, 11) is 0. The second-order valence-corrected chi connectivity index (χ2v) is 6.55. The van der Waals surface area contributed by atoms with Gasteiger partial charge in [-0.15, -0.1) is 0 Å². The fourth-order valence-corrected chi connectivity index (χ4v) is 3.27. The zero-order chi connectivity index (χ0) is 18.5. The second-order valence-electron chi connectivity index (χ2n) is 6.16. The van der Waals surface area contributed by atoms with Gasteiger partial charge in [0.1, 0.15) is 10.7 Å². The number of fused-ring (bicyclic) bond motifs is 1. The molecule has 1 aromatic carbocycles. The van der Waals surface area contributed by atoms with E-state index in [9.17, 15) is 4.79 Å². The van der Waals surface area contributed by atoms with Gasteiger partial charge in [0.25, 0.3) is 0 Å². The zero-order valence-corrected chi connectivity index (χ0v) is 15.7. The molecule has 26 heavy (non-hydrogen) atoms. The standard InChI is InChI=1S/C19H22N4O2S/c1-3-8-14(4-2)25-19(24)16(13-9-6-5-7-10-13)23-12-20-17-15(18(23)26)11-21-22-17/h5-7,9-12,14,16H,3-4,8H2,1-2H3,(H,21,22). The Balaban J connectivity index is 2.04. The molecule has 136 valence electrons. The molecule has 1 N–H and O–H groups in total. The minimum atomic E-state index is -0.679. The first-order chi connectivity index (χ1) is 12.7. The molecular weight excluding hydrogens is 348 g/mol. The molecule has 0 saturated carbocycles. The fourth-order valence-electron chi connectivity index (χ4n) is 2.97. The van der Waals surface area contributed by atoms with E-state index in [2.05, 4.69) is 22.1 Å². The van der Waals surface area contributed by atoms with Crippen LogP contribution in [-0.2, 0) is 9.53 Å². The number of carbonyl (C=O) groups is 1. The maximum atomic E-state index is 13.1. The highest BCUT2D eigenvalue weighted by atomic mass is 32.1. The lowest BCUT2D eigenvalue weighted by atomic mass is 10.1. The van der Waals surface area contributed by atoms with Crippen LogP contribution < -0.4 is 0 Å². The summed E-state index contributed by atoms with van der Waals surface area (Å²) in [5, 5.41) is 7.48. The number of nitrogens with zero attached hydrogens (tertiary/aromatic N) is 3. The molecule has 0 radical (unpaired) electrons. The Bertz CT molecular complexity index is 935. The number of aromatic amines is 1. The van der Waals surface area contributed by atoms with Crippen LogP contribution in [0.15, 0.2) is 42.9 Å². The number of aromatic nitrogens is 4. The van der Waals surface area contributed by atoms with Crippen molar-refractivity contribution >= 4 is 29.2 Å². The number of rotatable bonds is 7. The predicted molar refractivity (Wildman–Crippen MR) is 102 cm³/mol. The Kier molecular flexibility index (Phi) is 5.78. The largest absolute Gasteiger partial charge is 0.461 e. The smallest absolute Gasteiger partial charge is 0.334 e. The summed E-state index contributed by atoms with van der Waals surface area (Å²) in [6, 6.07) is 8.82. The lowest BCUT2D eigenvalue weighted by Crippen LogP contribution is -2.28. The molecule has 6 nitrogen and oxygen atoms in total. The summed E-state index contributed by atoms with van der Waals surface area (Å²) in [4.78, 5) is 17.4. The van der Waals surface area contributed by atoms with Crippen LogP contribution in [0.4, 0.5) is 0 Å². The third-order valence-corrected chi connectivity index (χ3v) is 4.79. The third kappa shape index (κ3) is 3.67. The fraction of sp³-hybridized carbons (Fsp3) is 0.368. The van der Waals surface area contributed by atoms with Crippen molar-refractivity contribution < 1.29 is 9.53 Å². The molecule has 0 aliphatic heterocycles. The molecule has 7 heteroatoms. The van der Waals surface area contributed by atoms with Crippen LogP contribution in [-0.4, -0.2) is 31.8 Å². The van der Waals surface area contributed by atoms with Gasteiger partial charge in [0, 0.05) is 0 Å². The monoisotopic (exact) mass is 370 g/mol. The quantitative estimate of drug-likeness (QED) is 0.498. The molecular formula is C19H22N4O2S. The molecule has 2 heterocycles. The van der Waals surface area contributed by atoms with Crippen LogP contribution in [0.3, 0.4) is 0 Å². The topological polar surface area (TPSA) is 72.8 Å². The molecule has 0 aliphatic rings. The summed E-state index contributed by atoms with van der Waals surface area (Å²) < 4.78 is 7.98. The van der Waals surface area contributed by atoms with E-state index in [4.69, 9.17) is 17.0 Å². The first-order valence-corrected chi connectivity index (χ1v) is 9.22. The van der Waals surface area contributed by atoms with E-state index in [1.54, 1.807) is 17.1 Å². The van der Waals surface area contributed by atoms with Crippen LogP contribution >= 0.6 is 12.2 Å². The van der Waals surface area contributed by atoms with Gasteiger partial charge in [0.15, 0.2) is 11.7 Å². The van der Waals surface area contributed by atoms with Gasteiger partial charge in [-0.2, -0.15) is 5.10 Å². The van der Waals surface area contributed by atoms with Gasteiger partial charge in [-0.25, -0.2) is 9.78 Å². The predicted octanol–water partition coefficient (Wildman–Crippen LogP) is 4.20. The van der Waals surface area contributed by atoms with Crippen LogP contribution in [0.25, 0.3) is 11.0 Å². The van der Waals surface area contributed by atoms with Crippen LogP contribution in [0, 0.1) is 4.64 Å². The summed E-state index contributed by atoms with van der Waals surface area (Å²) in [6.07, 6.45) is 5.69. The first kappa shape index (κ1) is 18.3. The average molecular weight is 370 g/mol. The number of benzene rings is 1. The molecule has 2 unspecified atom stereocenters. The number of esters is 1. The van der Waals surface area contributed by atoms with E-state index in [1.165, 1.54) is 0 Å². The number of H-pyrrole nitrogens is 1. The van der Waals surface area contributed by atoms with Crippen molar-refractivity contribution in [3.05, 3.63) is 53.1 Å². The molecule has 0 bridgehead atoms. The van der Waals surface area contributed by atoms with Crippen molar-refractivity contribution in [2.75, 3.05) is 0 Å². The molecule has 0 aliphatic carbocycles. The van der Waals surface area contributed by atoms with E-state index >= 15 is 0 Å².